The van der Waals surface area contributed by atoms with Crippen LogP contribution in [0.1, 0.15) is 24.0 Å². The number of rotatable bonds is 6. The summed E-state index contributed by atoms with van der Waals surface area (Å²) in [6.07, 6.45) is 0. The predicted octanol–water partition coefficient (Wildman–Crippen LogP) is 4.25. The number of nitrogens with zero attached hydrogens (tertiary/aromatic N) is 1. The van der Waals surface area contributed by atoms with Gasteiger partial charge in [0, 0.05) is 19.2 Å². The zero-order valence-corrected chi connectivity index (χ0v) is 13.3. The summed E-state index contributed by atoms with van der Waals surface area (Å²) in [5.41, 5.74) is 2.28. The second kappa shape index (κ2) is 7.33. The van der Waals surface area contributed by atoms with Gasteiger partial charge in [0.05, 0.1) is 9.40 Å². The van der Waals surface area contributed by atoms with Gasteiger partial charge in [0.25, 0.3) is 5.69 Å². The van der Waals surface area contributed by atoms with E-state index in [-0.39, 0.29) is 10.6 Å². The molecule has 0 heterocycles. The number of benzene rings is 2. The Balaban J connectivity index is 1.95. The summed E-state index contributed by atoms with van der Waals surface area (Å²) >= 11 is 3.31. The molecule has 21 heavy (non-hydrogen) atoms. The molecule has 4 nitrogen and oxygen atoms in total. The van der Waals surface area contributed by atoms with Crippen LogP contribution in [-0.2, 0) is 6.54 Å². The SMILES string of the molecule is CC(CNCc1cccc([N+](=O)[O-])c1Br)c1ccccc1. The topological polar surface area (TPSA) is 55.2 Å². The van der Waals surface area contributed by atoms with Gasteiger partial charge >= 0.3 is 0 Å². The Morgan fingerprint density at radius 1 is 1.19 bits per heavy atom. The Kier molecular flexibility index (Phi) is 5.47. The van der Waals surface area contributed by atoms with E-state index in [1.807, 2.05) is 24.3 Å². The first-order valence-electron chi connectivity index (χ1n) is 6.77. The van der Waals surface area contributed by atoms with Crippen LogP contribution in [0, 0.1) is 10.1 Å². The number of nitro groups is 1. The maximum absolute atomic E-state index is 10.9. The molecular formula is C16H17BrN2O2. The fourth-order valence-electron chi connectivity index (χ4n) is 2.17. The highest BCUT2D eigenvalue weighted by Gasteiger charge is 2.14. The van der Waals surface area contributed by atoms with E-state index in [2.05, 4.69) is 40.3 Å². The molecular weight excluding hydrogens is 332 g/mol. The monoisotopic (exact) mass is 348 g/mol. The van der Waals surface area contributed by atoms with Gasteiger partial charge < -0.3 is 5.32 Å². The molecule has 0 aliphatic carbocycles. The van der Waals surface area contributed by atoms with Gasteiger partial charge in [-0.1, -0.05) is 49.4 Å². The summed E-state index contributed by atoms with van der Waals surface area (Å²) in [5.74, 6) is 0.392. The molecule has 2 aromatic carbocycles. The summed E-state index contributed by atoms with van der Waals surface area (Å²) in [7, 11) is 0. The predicted molar refractivity (Wildman–Crippen MR) is 87.4 cm³/mol. The second-order valence-corrected chi connectivity index (χ2v) is 5.74. The largest absolute Gasteiger partial charge is 0.312 e. The van der Waals surface area contributed by atoms with Crippen molar-refractivity contribution in [1.82, 2.24) is 5.32 Å². The van der Waals surface area contributed by atoms with E-state index in [0.29, 0.717) is 16.9 Å². The highest BCUT2D eigenvalue weighted by atomic mass is 79.9. The zero-order valence-electron chi connectivity index (χ0n) is 11.8. The Labute approximate surface area is 132 Å². The molecule has 2 aromatic rings. The van der Waals surface area contributed by atoms with Crippen molar-refractivity contribution in [3.05, 3.63) is 74.2 Å². The highest BCUT2D eigenvalue weighted by molar-refractivity contribution is 9.10. The number of hydrogen-bond donors (Lipinski definition) is 1. The quantitative estimate of drug-likeness (QED) is 0.627. The lowest BCUT2D eigenvalue weighted by atomic mass is 10.0. The van der Waals surface area contributed by atoms with E-state index < -0.39 is 0 Å². The third-order valence-corrected chi connectivity index (χ3v) is 4.31. The van der Waals surface area contributed by atoms with Crippen molar-refractivity contribution >= 4 is 21.6 Å². The van der Waals surface area contributed by atoms with Gasteiger partial charge in [-0.3, -0.25) is 10.1 Å². The minimum Gasteiger partial charge on any atom is -0.312 e. The summed E-state index contributed by atoms with van der Waals surface area (Å²) in [5, 5.41) is 14.3. The summed E-state index contributed by atoms with van der Waals surface area (Å²) in [6.45, 7) is 3.57. The van der Waals surface area contributed by atoms with Crippen LogP contribution in [0.15, 0.2) is 53.0 Å². The molecule has 110 valence electrons. The Bertz CT molecular complexity index is 617. The minimum absolute atomic E-state index is 0.102. The van der Waals surface area contributed by atoms with E-state index in [0.717, 1.165) is 12.1 Å². The normalized spacial score (nSPS) is 12.1. The van der Waals surface area contributed by atoms with Crippen molar-refractivity contribution in [3.63, 3.8) is 0 Å². The molecule has 0 fully saturated rings. The molecule has 0 saturated heterocycles. The highest BCUT2D eigenvalue weighted by Crippen LogP contribution is 2.28. The third-order valence-electron chi connectivity index (χ3n) is 3.39. The van der Waals surface area contributed by atoms with E-state index in [1.165, 1.54) is 11.6 Å². The molecule has 0 bridgehead atoms. The number of nitro benzene ring substituents is 1. The summed E-state index contributed by atoms with van der Waals surface area (Å²) in [6, 6.07) is 15.4. The van der Waals surface area contributed by atoms with Crippen molar-refractivity contribution < 1.29 is 4.92 Å². The second-order valence-electron chi connectivity index (χ2n) is 4.95. The van der Waals surface area contributed by atoms with Crippen molar-refractivity contribution in [2.24, 2.45) is 0 Å². The van der Waals surface area contributed by atoms with Gasteiger partial charge in [0.1, 0.15) is 0 Å². The van der Waals surface area contributed by atoms with Crippen LogP contribution in [0.25, 0.3) is 0 Å². The van der Waals surface area contributed by atoms with Crippen LogP contribution in [0.2, 0.25) is 0 Å². The van der Waals surface area contributed by atoms with Gasteiger partial charge in [-0.2, -0.15) is 0 Å². The molecule has 1 unspecified atom stereocenters. The summed E-state index contributed by atoms with van der Waals surface area (Å²) in [4.78, 5) is 10.5. The zero-order chi connectivity index (χ0) is 15.2. The van der Waals surface area contributed by atoms with Crippen molar-refractivity contribution in [2.75, 3.05) is 6.54 Å². The molecule has 0 aromatic heterocycles. The first-order valence-corrected chi connectivity index (χ1v) is 7.56. The molecule has 1 atom stereocenters. The number of hydrogen-bond acceptors (Lipinski definition) is 3. The van der Waals surface area contributed by atoms with Crippen LogP contribution >= 0.6 is 15.9 Å². The molecule has 0 aliphatic rings. The fraction of sp³-hybridized carbons (Fsp3) is 0.250. The van der Waals surface area contributed by atoms with Crippen LogP contribution < -0.4 is 5.32 Å². The Hall–Kier alpha value is -1.72. The van der Waals surface area contributed by atoms with Crippen LogP contribution in [0.3, 0.4) is 0 Å². The van der Waals surface area contributed by atoms with Crippen LogP contribution in [0.5, 0.6) is 0 Å². The lowest BCUT2D eigenvalue weighted by Gasteiger charge is -2.13. The van der Waals surface area contributed by atoms with Crippen LogP contribution in [-0.4, -0.2) is 11.5 Å². The molecule has 5 heteroatoms. The molecule has 1 N–H and O–H groups in total. The van der Waals surface area contributed by atoms with E-state index in [4.69, 9.17) is 0 Å². The Morgan fingerprint density at radius 3 is 2.57 bits per heavy atom. The third kappa shape index (κ3) is 4.12. The lowest BCUT2D eigenvalue weighted by Crippen LogP contribution is -2.20. The summed E-state index contributed by atoms with van der Waals surface area (Å²) < 4.78 is 0.551. The minimum atomic E-state index is -0.375. The Morgan fingerprint density at radius 2 is 1.90 bits per heavy atom. The van der Waals surface area contributed by atoms with E-state index >= 15 is 0 Å². The molecule has 2 rings (SSSR count). The van der Waals surface area contributed by atoms with Gasteiger partial charge in [0.2, 0.25) is 0 Å². The average Bonchev–Trinajstić information content (AvgIpc) is 2.49. The van der Waals surface area contributed by atoms with Crippen molar-refractivity contribution in [2.45, 2.75) is 19.4 Å². The smallest absolute Gasteiger partial charge is 0.283 e. The molecule has 0 amide bonds. The van der Waals surface area contributed by atoms with Gasteiger partial charge in [0.15, 0.2) is 0 Å². The standard InChI is InChI=1S/C16H17BrN2O2/c1-12(13-6-3-2-4-7-13)10-18-11-14-8-5-9-15(16(14)17)19(20)21/h2-9,12,18H,10-11H2,1H3. The first kappa shape index (κ1) is 15.7. The van der Waals surface area contributed by atoms with Gasteiger partial charge in [-0.25, -0.2) is 0 Å². The first-order chi connectivity index (χ1) is 10.1. The average molecular weight is 349 g/mol. The lowest BCUT2D eigenvalue weighted by molar-refractivity contribution is -0.385. The maximum Gasteiger partial charge on any atom is 0.283 e. The van der Waals surface area contributed by atoms with Gasteiger partial charge in [-0.15, -0.1) is 0 Å². The number of halogens is 1. The number of nitrogens with one attached hydrogen (secondary N) is 1. The van der Waals surface area contributed by atoms with Crippen molar-refractivity contribution in [3.8, 4) is 0 Å². The molecule has 0 spiro atoms. The van der Waals surface area contributed by atoms with E-state index in [1.54, 1.807) is 6.07 Å². The van der Waals surface area contributed by atoms with E-state index in [9.17, 15) is 10.1 Å². The maximum atomic E-state index is 10.9. The van der Waals surface area contributed by atoms with Gasteiger partial charge in [-0.05, 0) is 33.0 Å². The molecule has 0 aliphatic heterocycles. The fourth-order valence-corrected chi connectivity index (χ4v) is 2.72. The molecule has 0 saturated carbocycles. The molecule has 0 radical (unpaired) electrons. The van der Waals surface area contributed by atoms with Crippen molar-refractivity contribution in [1.29, 1.82) is 0 Å². The van der Waals surface area contributed by atoms with Crippen LogP contribution in [0.4, 0.5) is 5.69 Å².